The van der Waals surface area contributed by atoms with Gasteiger partial charge in [0.05, 0.1) is 5.54 Å². The van der Waals surface area contributed by atoms with Gasteiger partial charge in [-0.15, -0.1) is 0 Å². The van der Waals surface area contributed by atoms with Crippen LogP contribution in [0.5, 0.6) is 0 Å². The molecule has 2 N–H and O–H groups in total. The van der Waals surface area contributed by atoms with Gasteiger partial charge >= 0.3 is 6.03 Å². The van der Waals surface area contributed by atoms with E-state index in [0.29, 0.717) is 6.54 Å². The van der Waals surface area contributed by atoms with Crippen molar-refractivity contribution in [2.75, 3.05) is 27.2 Å². The number of carbonyl (C=O) groups excluding carboxylic acids is 1. The van der Waals surface area contributed by atoms with Crippen LogP contribution < -0.4 is 10.6 Å². The van der Waals surface area contributed by atoms with E-state index in [1.54, 1.807) is 12.1 Å². The third-order valence-corrected chi connectivity index (χ3v) is 3.06. The van der Waals surface area contributed by atoms with E-state index in [9.17, 15) is 9.18 Å². The van der Waals surface area contributed by atoms with Gasteiger partial charge in [-0.25, -0.2) is 9.18 Å². The summed E-state index contributed by atoms with van der Waals surface area (Å²) < 4.78 is 12.9. The number of hydrogen-bond donors (Lipinski definition) is 2. The number of nitrogens with zero attached hydrogens (tertiary/aromatic N) is 1. The van der Waals surface area contributed by atoms with E-state index in [-0.39, 0.29) is 11.8 Å². The van der Waals surface area contributed by atoms with Crippen molar-refractivity contribution < 1.29 is 9.18 Å². The third kappa shape index (κ3) is 5.57. The van der Waals surface area contributed by atoms with E-state index < -0.39 is 5.54 Å². The Bertz CT molecular complexity index is 429. The number of nitrogens with one attached hydrogen (secondary N) is 2. The molecule has 0 saturated heterocycles. The molecule has 0 atom stereocenters. The van der Waals surface area contributed by atoms with E-state index in [1.165, 1.54) is 12.1 Å². The molecule has 4 nitrogen and oxygen atoms in total. The van der Waals surface area contributed by atoms with Crippen molar-refractivity contribution in [2.45, 2.75) is 25.8 Å². The number of halogens is 1. The van der Waals surface area contributed by atoms with Crippen molar-refractivity contribution in [2.24, 2.45) is 0 Å². The molecule has 1 aromatic rings. The topological polar surface area (TPSA) is 44.4 Å². The maximum atomic E-state index is 12.9. The van der Waals surface area contributed by atoms with Crippen molar-refractivity contribution in [3.63, 3.8) is 0 Å². The van der Waals surface area contributed by atoms with Crippen LogP contribution in [-0.4, -0.2) is 38.1 Å². The molecule has 20 heavy (non-hydrogen) atoms. The maximum absolute atomic E-state index is 12.9. The monoisotopic (exact) mass is 281 g/mol. The summed E-state index contributed by atoms with van der Waals surface area (Å²) >= 11 is 0. The van der Waals surface area contributed by atoms with Crippen molar-refractivity contribution in [1.82, 2.24) is 15.5 Å². The van der Waals surface area contributed by atoms with Gasteiger partial charge in [-0.2, -0.15) is 0 Å². The molecule has 0 aromatic heterocycles. The fraction of sp³-hybridized carbons (Fsp3) is 0.533. The van der Waals surface area contributed by atoms with Crippen LogP contribution >= 0.6 is 0 Å². The number of carbonyl (C=O) groups is 1. The summed E-state index contributed by atoms with van der Waals surface area (Å²) in [7, 11) is 4.00. The first-order valence-electron chi connectivity index (χ1n) is 6.78. The van der Waals surface area contributed by atoms with Gasteiger partial charge in [0, 0.05) is 6.54 Å². The van der Waals surface area contributed by atoms with Gasteiger partial charge in [-0.3, -0.25) is 0 Å². The molecule has 2 amide bonds. The SMILES string of the molecule is CN(C)CCCNC(=O)NC(C)(C)c1ccc(F)cc1. The molecule has 1 aromatic carbocycles. The number of urea groups is 1. The highest BCUT2D eigenvalue weighted by molar-refractivity contribution is 5.74. The first kappa shape index (κ1) is 16.4. The fourth-order valence-electron chi connectivity index (χ4n) is 1.86. The Morgan fingerprint density at radius 1 is 1.25 bits per heavy atom. The van der Waals surface area contributed by atoms with E-state index in [1.807, 2.05) is 27.9 Å². The molecular weight excluding hydrogens is 257 g/mol. The second-order valence-corrected chi connectivity index (χ2v) is 5.67. The van der Waals surface area contributed by atoms with Gasteiger partial charge < -0.3 is 15.5 Å². The van der Waals surface area contributed by atoms with E-state index in [2.05, 4.69) is 15.5 Å². The van der Waals surface area contributed by atoms with E-state index in [0.717, 1.165) is 18.5 Å². The van der Waals surface area contributed by atoms with E-state index >= 15 is 0 Å². The second kappa shape index (κ2) is 7.24. The molecule has 0 saturated carbocycles. The Hall–Kier alpha value is -1.62. The predicted molar refractivity (Wildman–Crippen MR) is 79.1 cm³/mol. The minimum atomic E-state index is -0.542. The average molecular weight is 281 g/mol. The smallest absolute Gasteiger partial charge is 0.315 e. The molecule has 1 rings (SSSR count). The first-order valence-corrected chi connectivity index (χ1v) is 6.78. The highest BCUT2D eigenvalue weighted by Gasteiger charge is 2.22. The number of hydrogen-bond acceptors (Lipinski definition) is 2. The highest BCUT2D eigenvalue weighted by Crippen LogP contribution is 2.19. The standard InChI is InChI=1S/C15H24FN3O/c1-15(2,12-6-8-13(16)9-7-12)18-14(20)17-10-5-11-19(3)4/h6-9H,5,10-11H2,1-4H3,(H2,17,18,20). The van der Waals surface area contributed by atoms with Crippen LogP contribution in [-0.2, 0) is 5.54 Å². The maximum Gasteiger partial charge on any atom is 0.315 e. The number of amides is 2. The summed E-state index contributed by atoms with van der Waals surface area (Å²) in [6.07, 6.45) is 0.900. The summed E-state index contributed by atoms with van der Waals surface area (Å²) in [4.78, 5) is 13.9. The third-order valence-electron chi connectivity index (χ3n) is 3.06. The molecule has 0 bridgehead atoms. The number of benzene rings is 1. The molecule has 0 aliphatic rings. The second-order valence-electron chi connectivity index (χ2n) is 5.67. The minimum absolute atomic E-state index is 0.210. The van der Waals surface area contributed by atoms with Gasteiger partial charge in [0.15, 0.2) is 0 Å². The molecule has 0 heterocycles. The lowest BCUT2D eigenvalue weighted by atomic mass is 9.94. The van der Waals surface area contributed by atoms with Gasteiger partial charge in [0.1, 0.15) is 5.82 Å². The lowest BCUT2D eigenvalue weighted by molar-refractivity contribution is 0.229. The van der Waals surface area contributed by atoms with Crippen LogP contribution in [0.25, 0.3) is 0 Å². The normalized spacial score (nSPS) is 11.5. The molecule has 112 valence electrons. The zero-order valence-corrected chi connectivity index (χ0v) is 12.7. The van der Waals surface area contributed by atoms with Crippen LogP contribution in [0.2, 0.25) is 0 Å². The summed E-state index contributed by atoms with van der Waals surface area (Å²) in [6, 6.07) is 5.95. The Balaban J connectivity index is 2.45. The Morgan fingerprint density at radius 3 is 2.40 bits per heavy atom. The van der Waals surface area contributed by atoms with Crippen molar-refractivity contribution in [3.8, 4) is 0 Å². The van der Waals surface area contributed by atoms with Gasteiger partial charge in [-0.1, -0.05) is 12.1 Å². The predicted octanol–water partition coefficient (Wildman–Crippen LogP) is 2.31. The molecular formula is C15H24FN3O. The van der Waals surface area contributed by atoms with Crippen LogP contribution in [0.15, 0.2) is 24.3 Å². The zero-order chi connectivity index (χ0) is 15.2. The molecule has 0 aliphatic heterocycles. The lowest BCUT2D eigenvalue weighted by Crippen LogP contribution is -2.46. The fourth-order valence-corrected chi connectivity index (χ4v) is 1.86. The van der Waals surface area contributed by atoms with E-state index in [4.69, 9.17) is 0 Å². The molecule has 5 heteroatoms. The minimum Gasteiger partial charge on any atom is -0.338 e. The van der Waals surface area contributed by atoms with Gasteiger partial charge in [0.25, 0.3) is 0 Å². The molecule has 0 aliphatic carbocycles. The average Bonchev–Trinajstić information content (AvgIpc) is 2.34. The summed E-state index contributed by atoms with van der Waals surface area (Å²) in [5.74, 6) is -0.280. The van der Waals surface area contributed by atoms with Crippen molar-refractivity contribution >= 4 is 6.03 Å². The number of rotatable bonds is 6. The lowest BCUT2D eigenvalue weighted by Gasteiger charge is -2.27. The Morgan fingerprint density at radius 2 is 1.85 bits per heavy atom. The molecule has 0 unspecified atom stereocenters. The van der Waals surface area contributed by atoms with Crippen molar-refractivity contribution in [3.05, 3.63) is 35.6 Å². The Kier molecular flexibility index (Phi) is 5.95. The Labute approximate surface area is 120 Å². The molecule has 0 radical (unpaired) electrons. The quantitative estimate of drug-likeness (QED) is 0.786. The highest BCUT2D eigenvalue weighted by atomic mass is 19.1. The van der Waals surface area contributed by atoms with Crippen LogP contribution in [0, 0.1) is 5.82 Å². The first-order chi connectivity index (χ1) is 9.31. The van der Waals surface area contributed by atoms with Gasteiger partial charge in [0.2, 0.25) is 0 Å². The summed E-state index contributed by atoms with van der Waals surface area (Å²) in [6.45, 7) is 5.34. The molecule has 0 spiro atoms. The van der Waals surface area contributed by atoms with Crippen LogP contribution in [0.3, 0.4) is 0 Å². The van der Waals surface area contributed by atoms with Gasteiger partial charge in [-0.05, 0) is 58.6 Å². The molecule has 0 fully saturated rings. The van der Waals surface area contributed by atoms with Crippen molar-refractivity contribution in [1.29, 1.82) is 0 Å². The summed E-state index contributed by atoms with van der Waals surface area (Å²) in [5.41, 5.74) is 0.321. The zero-order valence-electron chi connectivity index (χ0n) is 12.7. The van der Waals surface area contributed by atoms with Crippen LogP contribution in [0.1, 0.15) is 25.8 Å². The summed E-state index contributed by atoms with van der Waals surface area (Å²) in [5, 5.41) is 5.72. The van der Waals surface area contributed by atoms with Crippen LogP contribution in [0.4, 0.5) is 9.18 Å². The largest absolute Gasteiger partial charge is 0.338 e.